The molecule has 10 rings (SSSR count). The van der Waals surface area contributed by atoms with Gasteiger partial charge in [-0.2, -0.15) is 9.97 Å². The van der Waals surface area contributed by atoms with Crippen molar-refractivity contribution in [1.82, 2.24) is 45.7 Å². The van der Waals surface area contributed by atoms with E-state index in [2.05, 4.69) is 41.6 Å². The molecule has 16 nitrogen and oxygen atoms in total. The number of likely N-dealkylation sites (tertiary alicyclic amines) is 2. The SMILES string of the molecule is C#Cc1c(F)ccc2cc(O)cc(-c3ncc4c(N5CC6CCC(C5)N6)nc(OC5CCCN(CCCCCCCCCCC(=O)NC(C(=O)N6C[C@H](O)C[C@H]6C(=O)N[C@@H](C)c6ccc(-c7scnc7C)cc6)C(C)(C)C)C5)nc4c3F)c12. The second-order valence-electron chi connectivity index (χ2n) is 24.4. The van der Waals surface area contributed by atoms with Crippen molar-refractivity contribution in [2.45, 2.75) is 167 Å². The highest BCUT2D eigenvalue weighted by atomic mass is 32.1. The first kappa shape index (κ1) is 59.3. The topological polar surface area (TPSA) is 198 Å². The van der Waals surface area contributed by atoms with Crippen LogP contribution in [0, 0.1) is 36.3 Å². The van der Waals surface area contributed by atoms with Crippen LogP contribution in [0.2, 0.25) is 0 Å². The average Bonchev–Trinajstić information content (AvgIpc) is 4.15. The summed E-state index contributed by atoms with van der Waals surface area (Å²) in [7, 11) is 0. The van der Waals surface area contributed by atoms with Crippen molar-refractivity contribution in [2.24, 2.45) is 5.41 Å². The Labute approximate surface area is 489 Å². The lowest BCUT2D eigenvalue weighted by Gasteiger charge is -2.35. The third kappa shape index (κ3) is 13.7. The Morgan fingerprint density at radius 3 is 2.34 bits per heavy atom. The number of ether oxygens (including phenoxy) is 1. The van der Waals surface area contributed by atoms with E-state index in [0.717, 1.165) is 105 Å². The number of thiazole rings is 1. The number of rotatable bonds is 21. The van der Waals surface area contributed by atoms with E-state index in [4.69, 9.17) is 21.1 Å². The number of aliphatic hydroxyl groups excluding tert-OH is 1. The average molecular weight is 1150 g/mol. The van der Waals surface area contributed by atoms with Gasteiger partial charge in [0.25, 0.3) is 0 Å². The predicted octanol–water partition coefficient (Wildman–Crippen LogP) is 9.91. The molecule has 7 heterocycles. The van der Waals surface area contributed by atoms with E-state index in [1.54, 1.807) is 17.5 Å². The van der Waals surface area contributed by atoms with Crippen LogP contribution in [0.3, 0.4) is 0 Å². The summed E-state index contributed by atoms with van der Waals surface area (Å²) in [5.74, 6) is 0.531. The Balaban J connectivity index is 0.670. The lowest BCUT2D eigenvalue weighted by molar-refractivity contribution is -0.144. The number of anilines is 1. The van der Waals surface area contributed by atoms with E-state index < -0.39 is 35.2 Å². The number of halogens is 2. The zero-order valence-corrected chi connectivity index (χ0v) is 49.2. The number of aryl methyl sites for hydroxylation is 1. The van der Waals surface area contributed by atoms with Gasteiger partial charge in [0.2, 0.25) is 17.7 Å². The molecule has 7 atom stereocenters. The number of amides is 3. The lowest BCUT2D eigenvalue weighted by Crippen LogP contribution is -2.57. The van der Waals surface area contributed by atoms with E-state index >= 15 is 8.78 Å². The van der Waals surface area contributed by atoms with Crippen LogP contribution in [0.1, 0.15) is 140 Å². The Bertz CT molecular complexity index is 3350. The number of terminal acetylenes is 1. The molecule has 4 fully saturated rings. The summed E-state index contributed by atoms with van der Waals surface area (Å²) in [4.78, 5) is 67.0. The zero-order valence-electron chi connectivity index (χ0n) is 48.4. The maximum atomic E-state index is 17.2. The number of aromatic hydroxyl groups is 1. The summed E-state index contributed by atoms with van der Waals surface area (Å²) in [5.41, 5.74) is 4.14. The Kier molecular flexibility index (Phi) is 18.6. The van der Waals surface area contributed by atoms with Crippen LogP contribution in [-0.4, -0.2) is 133 Å². The van der Waals surface area contributed by atoms with Gasteiger partial charge in [-0.15, -0.1) is 17.8 Å². The van der Waals surface area contributed by atoms with Gasteiger partial charge >= 0.3 is 6.01 Å². The second kappa shape index (κ2) is 26.0. The number of phenols is 1. The summed E-state index contributed by atoms with van der Waals surface area (Å²) in [6.07, 6.45) is 18.5. The van der Waals surface area contributed by atoms with Gasteiger partial charge in [0, 0.05) is 68.3 Å². The fourth-order valence-corrected chi connectivity index (χ4v) is 13.4. The van der Waals surface area contributed by atoms with Gasteiger partial charge in [-0.1, -0.05) is 95.5 Å². The van der Waals surface area contributed by atoms with Crippen molar-refractivity contribution in [3.8, 4) is 45.8 Å². The highest BCUT2D eigenvalue weighted by Crippen LogP contribution is 2.40. The summed E-state index contributed by atoms with van der Waals surface area (Å²) in [6, 6.07) is 12.1. The highest BCUT2D eigenvalue weighted by molar-refractivity contribution is 7.13. The molecule has 19 heteroatoms. The monoisotopic (exact) mass is 1150 g/mol. The molecule has 0 radical (unpaired) electrons. The van der Waals surface area contributed by atoms with E-state index in [0.29, 0.717) is 49.1 Å². The summed E-state index contributed by atoms with van der Waals surface area (Å²) in [6.45, 7) is 13.5. The van der Waals surface area contributed by atoms with Crippen LogP contribution in [0.4, 0.5) is 14.6 Å². The number of nitrogens with zero attached hydrogens (tertiary/aromatic N) is 7. The molecule has 4 aliphatic heterocycles. The van der Waals surface area contributed by atoms with Crippen LogP contribution in [0.5, 0.6) is 11.8 Å². The third-order valence-electron chi connectivity index (χ3n) is 17.0. The van der Waals surface area contributed by atoms with Gasteiger partial charge in [-0.3, -0.25) is 24.3 Å². The maximum Gasteiger partial charge on any atom is 0.319 e. The molecule has 2 bridgehead atoms. The number of carbonyl (C=O) groups excluding carboxylic acids is 3. The van der Waals surface area contributed by atoms with Gasteiger partial charge in [-0.05, 0) is 106 Å². The number of phenolic OH excluding ortho intramolecular Hbond substituents is 1. The molecule has 4 saturated heterocycles. The predicted molar refractivity (Wildman–Crippen MR) is 320 cm³/mol. The molecule has 3 aromatic heterocycles. The first-order chi connectivity index (χ1) is 39.9. The van der Waals surface area contributed by atoms with Gasteiger partial charge < -0.3 is 40.7 Å². The standard InChI is InChI=1S/C64H78F2N10O6S/c1-7-48-51(65)26-23-42-29-45(77)30-49(54(42)48)56-55(66)57-50(32-67-56)60(75-33-43-24-25-44(34-75)70-43)73-63(72-57)82-47-17-16-28-74(36-47)27-15-13-11-9-8-10-12-14-18-53(79)71-59(64(4,5)6)62(81)76-35-46(78)31-52(76)61(80)69-38(2)40-19-21-41(22-20-40)58-39(3)68-37-83-58/h1,19-23,26,29-30,32,37-38,43-44,46-47,52,59,70,77-78H,8-18,24-25,27-28,31,33-36H2,2-6H3,(H,69,80)(H,71,79)/t38-,43?,44?,46+,47?,52-,59?/m0/s1. The molecule has 3 aromatic carbocycles. The van der Waals surface area contributed by atoms with Crippen LogP contribution in [0.15, 0.2) is 60.2 Å². The number of piperidine rings is 1. The van der Waals surface area contributed by atoms with E-state index in [9.17, 15) is 24.6 Å². The minimum atomic E-state index is -0.873. The molecule has 0 aliphatic carbocycles. The summed E-state index contributed by atoms with van der Waals surface area (Å²) >= 11 is 1.58. The van der Waals surface area contributed by atoms with Crippen LogP contribution < -0.4 is 25.6 Å². The Morgan fingerprint density at radius 2 is 1.64 bits per heavy atom. The minimum absolute atomic E-state index is 0.0164. The van der Waals surface area contributed by atoms with Crippen molar-refractivity contribution in [3.05, 3.63) is 88.7 Å². The fourth-order valence-electron chi connectivity index (χ4n) is 12.6. The number of fused-ring (bicyclic) bond motifs is 4. The number of carbonyl (C=O) groups is 3. The van der Waals surface area contributed by atoms with E-state index in [1.165, 1.54) is 29.2 Å². The summed E-state index contributed by atoms with van der Waals surface area (Å²) in [5, 5.41) is 32.3. The second-order valence-corrected chi connectivity index (χ2v) is 25.2. The number of unbranched alkanes of at least 4 members (excludes halogenated alkanes) is 7. The maximum absolute atomic E-state index is 17.2. The number of aromatic nitrogens is 4. The number of benzene rings is 3. The van der Waals surface area contributed by atoms with Crippen molar-refractivity contribution < 1.29 is 38.1 Å². The molecule has 3 amide bonds. The van der Waals surface area contributed by atoms with Crippen LogP contribution in [0.25, 0.3) is 43.4 Å². The lowest BCUT2D eigenvalue weighted by atomic mass is 9.85. The molecule has 440 valence electrons. The van der Waals surface area contributed by atoms with E-state index in [1.807, 2.05) is 64.4 Å². The first-order valence-corrected chi connectivity index (χ1v) is 30.6. The minimum Gasteiger partial charge on any atom is -0.508 e. The van der Waals surface area contributed by atoms with Crippen LogP contribution in [-0.2, 0) is 14.4 Å². The molecule has 5 N–H and O–H groups in total. The molecular weight excluding hydrogens is 1070 g/mol. The first-order valence-electron chi connectivity index (χ1n) is 29.7. The number of aliphatic hydroxyl groups is 1. The van der Waals surface area contributed by atoms with Gasteiger partial charge in [0.05, 0.1) is 39.2 Å². The molecule has 83 heavy (non-hydrogen) atoms. The summed E-state index contributed by atoms with van der Waals surface area (Å²) < 4.78 is 38.8. The molecule has 4 aliphatic rings. The number of hydrogen-bond donors (Lipinski definition) is 5. The third-order valence-corrected chi connectivity index (χ3v) is 18.0. The van der Waals surface area contributed by atoms with Gasteiger partial charge in [0.1, 0.15) is 46.8 Å². The smallest absolute Gasteiger partial charge is 0.319 e. The molecule has 0 saturated carbocycles. The van der Waals surface area contributed by atoms with Crippen molar-refractivity contribution in [2.75, 3.05) is 44.2 Å². The van der Waals surface area contributed by atoms with Crippen LogP contribution >= 0.6 is 11.3 Å². The molecule has 0 spiro atoms. The van der Waals surface area contributed by atoms with Gasteiger partial charge in [0.15, 0.2) is 5.82 Å². The normalized spacial score (nSPS) is 20.8. The Hall–Kier alpha value is -6.85. The fraction of sp³-hybridized carbons (Fsp3) is 0.516. The van der Waals surface area contributed by atoms with Crippen molar-refractivity contribution in [1.29, 1.82) is 0 Å². The number of β-amino-alcohol motifs (C(OH)–C–C–N with tert-alkyl or cyclic N) is 1. The molecular formula is C64H78F2N10O6S. The molecule has 4 unspecified atom stereocenters. The number of pyridine rings is 1. The largest absolute Gasteiger partial charge is 0.508 e. The Morgan fingerprint density at radius 1 is 0.916 bits per heavy atom. The van der Waals surface area contributed by atoms with Crippen molar-refractivity contribution in [3.63, 3.8) is 0 Å². The quantitative estimate of drug-likeness (QED) is 0.0338. The number of nitrogens with one attached hydrogen (secondary N) is 3. The van der Waals surface area contributed by atoms with Crippen molar-refractivity contribution >= 4 is 56.6 Å². The highest BCUT2D eigenvalue weighted by Gasteiger charge is 2.45. The number of piperazine rings is 1. The van der Waals surface area contributed by atoms with E-state index in [-0.39, 0.29) is 94.4 Å². The molecule has 6 aromatic rings. The van der Waals surface area contributed by atoms with Gasteiger partial charge in [-0.25, -0.2) is 13.8 Å². The number of hydrogen-bond acceptors (Lipinski definition) is 14. The zero-order chi connectivity index (χ0) is 58.5.